The second kappa shape index (κ2) is 3.98. The number of esters is 2. The number of rotatable bonds is 3. The first-order chi connectivity index (χ1) is 6.45. The van der Waals surface area contributed by atoms with Crippen LogP contribution in [0.1, 0.15) is 26.7 Å². The summed E-state index contributed by atoms with van der Waals surface area (Å²) in [6.45, 7) is 4.33. The molecule has 80 valence electrons. The predicted molar refractivity (Wildman–Crippen MR) is 49.5 cm³/mol. The zero-order valence-electron chi connectivity index (χ0n) is 8.83. The Morgan fingerprint density at radius 3 is 2.71 bits per heavy atom. The summed E-state index contributed by atoms with van der Waals surface area (Å²) in [5.74, 6) is -0.295. The zero-order valence-corrected chi connectivity index (χ0v) is 8.83. The molecule has 0 aromatic rings. The maximum Gasteiger partial charge on any atom is 0.306 e. The van der Waals surface area contributed by atoms with Crippen LogP contribution in [-0.4, -0.2) is 25.7 Å². The molecule has 1 aliphatic heterocycles. The fourth-order valence-electron chi connectivity index (χ4n) is 1.60. The fourth-order valence-corrected chi connectivity index (χ4v) is 1.60. The second-order valence-corrected chi connectivity index (χ2v) is 4.33. The van der Waals surface area contributed by atoms with Crippen molar-refractivity contribution in [3.8, 4) is 0 Å². The van der Waals surface area contributed by atoms with E-state index >= 15 is 0 Å². The Morgan fingerprint density at radius 2 is 2.29 bits per heavy atom. The highest BCUT2D eigenvalue weighted by Gasteiger charge is 2.38. The third-order valence-corrected chi connectivity index (χ3v) is 2.79. The number of carbonyl (C=O) groups excluding carboxylic acids is 2. The van der Waals surface area contributed by atoms with Gasteiger partial charge in [-0.1, -0.05) is 13.8 Å². The molecular formula is C10H16O4. The summed E-state index contributed by atoms with van der Waals surface area (Å²) < 4.78 is 9.48. The Morgan fingerprint density at radius 1 is 1.64 bits per heavy atom. The van der Waals surface area contributed by atoms with Gasteiger partial charge in [0.05, 0.1) is 26.6 Å². The van der Waals surface area contributed by atoms with Crippen LogP contribution in [0.25, 0.3) is 0 Å². The predicted octanol–water partition coefficient (Wildman–Crippen LogP) is 1.14. The number of cyclic esters (lactones) is 1. The van der Waals surface area contributed by atoms with Crippen molar-refractivity contribution < 1.29 is 19.1 Å². The lowest BCUT2D eigenvalue weighted by Crippen LogP contribution is -2.28. The van der Waals surface area contributed by atoms with Gasteiger partial charge >= 0.3 is 11.9 Å². The zero-order chi connectivity index (χ0) is 10.8. The first kappa shape index (κ1) is 11.0. The van der Waals surface area contributed by atoms with Crippen molar-refractivity contribution >= 4 is 11.9 Å². The van der Waals surface area contributed by atoms with Crippen LogP contribution >= 0.6 is 0 Å². The number of ether oxygens (including phenoxy) is 2. The quantitative estimate of drug-likeness (QED) is 0.641. The van der Waals surface area contributed by atoms with Gasteiger partial charge < -0.3 is 9.47 Å². The molecule has 1 fully saturated rings. The summed E-state index contributed by atoms with van der Waals surface area (Å²) >= 11 is 0. The van der Waals surface area contributed by atoms with Crippen molar-refractivity contribution in [1.82, 2.24) is 0 Å². The lowest BCUT2D eigenvalue weighted by atomic mass is 9.76. The van der Waals surface area contributed by atoms with E-state index in [4.69, 9.17) is 4.74 Å². The minimum Gasteiger partial charge on any atom is -0.469 e. The Balaban J connectivity index is 2.56. The van der Waals surface area contributed by atoms with Gasteiger partial charge in [0.2, 0.25) is 0 Å². The Labute approximate surface area is 83.6 Å². The van der Waals surface area contributed by atoms with Crippen molar-refractivity contribution in [3.63, 3.8) is 0 Å². The standard InChI is InChI=1S/C10H16O4/c1-10(2,5-9(12)13-3)7-4-8(11)14-6-7/h7H,4-6H2,1-3H3/t7-/m0/s1. The van der Waals surface area contributed by atoms with Gasteiger partial charge in [-0.25, -0.2) is 0 Å². The number of hydrogen-bond donors (Lipinski definition) is 0. The van der Waals surface area contributed by atoms with Crippen LogP contribution in [0, 0.1) is 11.3 Å². The lowest BCUT2D eigenvalue weighted by molar-refractivity contribution is -0.143. The van der Waals surface area contributed by atoms with Crippen molar-refractivity contribution in [2.45, 2.75) is 26.7 Å². The molecule has 0 aliphatic carbocycles. The van der Waals surface area contributed by atoms with Crippen LogP contribution in [0.2, 0.25) is 0 Å². The third kappa shape index (κ3) is 2.47. The van der Waals surface area contributed by atoms with Gasteiger partial charge in [0.25, 0.3) is 0 Å². The molecule has 0 saturated carbocycles. The molecule has 0 aromatic carbocycles. The highest BCUT2D eigenvalue weighted by molar-refractivity contribution is 5.73. The van der Waals surface area contributed by atoms with Crippen molar-refractivity contribution in [2.24, 2.45) is 11.3 Å². The molecule has 14 heavy (non-hydrogen) atoms. The Kier molecular flexibility index (Phi) is 3.13. The second-order valence-electron chi connectivity index (χ2n) is 4.33. The highest BCUT2D eigenvalue weighted by atomic mass is 16.5. The summed E-state index contributed by atoms with van der Waals surface area (Å²) in [6.07, 6.45) is 0.731. The monoisotopic (exact) mass is 200 g/mol. The smallest absolute Gasteiger partial charge is 0.306 e. The minimum absolute atomic E-state index is 0.120. The fraction of sp³-hybridized carbons (Fsp3) is 0.800. The van der Waals surface area contributed by atoms with Crippen LogP contribution in [0.5, 0.6) is 0 Å². The van der Waals surface area contributed by atoms with Gasteiger partial charge in [-0.05, 0) is 5.41 Å². The van der Waals surface area contributed by atoms with E-state index in [9.17, 15) is 9.59 Å². The number of carbonyl (C=O) groups is 2. The maximum atomic E-state index is 11.1. The average Bonchev–Trinajstić information content (AvgIpc) is 2.51. The molecule has 4 nitrogen and oxygen atoms in total. The molecule has 1 aliphatic rings. The summed E-state index contributed by atoms with van der Waals surface area (Å²) in [5, 5.41) is 0. The van der Waals surface area contributed by atoms with E-state index < -0.39 is 0 Å². The molecular weight excluding hydrogens is 184 g/mol. The molecule has 0 spiro atoms. The van der Waals surface area contributed by atoms with Crippen LogP contribution in [0.3, 0.4) is 0 Å². The summed E-state index contributed by atoms with van der Waals surface area (Å²) in [7, 11) is 1.37. The summed E-state index contributed by atoms with van der Waals surface area (Å²) in [4.78, 5) is 22.0. The van der Waals surface area contributed by atoms with E-state index in [-0.39, 0.29) is 23.3 Å². The highest BCUT2D eigenvalue weighted by Crippen LogP contribution is 2.36. The SMILES string of the molecule is COC(=O)CC(C)(C)[C@@H]1COC(=O)C1. The largest absolute Gasteiger partial charge is 0.469 e. The van der Waals surface area contributed by atoms with E-state index in [1.807, 2.05) is 13.8 Å². The third-order valence-electron chi connectivity index (χ3n) is 2.79. The van der Waals surface area contributed by atoms with Gasteiger partial charge in [0.15, 0.2) is 0 Å². The van der Waals surface area contributed by atoms with Crippen molar-refractivity contribution in [3.05, 3.63) is 0 Å². The molecule has 0 aromatic heterocycles. The molecule has 0 N–H and O–H groups in total. The molecule has 4 heteroatoms. The normalized spacial score (nSPS) is 21.9. The summed E-state index contributed by atoms with van der Waals surface area (Å²) in [5.41, 5.74) is -0.237. The van der Waals surface area contributed by atoms with E-state index in [2.05, 4.69) is 4.74 Å². The maximum absolute atomic E-state index is 11.1. The first-order valence-electron chi connectivity index (χ1n) is 4.68. The van der Waals surface area contributed by atoms with E-state index in [0.29, 0.717) is 19.4 Å². The molecule has 0 amide bonds. The first-order valence-corrected chi connectivity index (χ1v) is 4.68. The van der Waals surface area contributed by atoms with Gasteiger partial charge in [-0.3, -0.25) is 9.59 Å². The van der Waals surface area contributed by atoms with Crippen LogP contribution in [-0.2, 0) is 19.1 Å². The molecule has 0 bridgehead atoms. The van der Waals surface area contributed by atoms with Gasteiger partial charge in [-0.15, -0.1) is 0 Å². The van der Waals surface area contributed by atoms with Crippen molar-refractivity contribution in [2.75, 3.05) is 13.7 Å². The molecule has 1 rings (SSSR count). The van der Waals surface area contributed by atoms with Crippen LogP contribution < -0.4 is 0 Å². The van der Waals surface area contributed by atoms with Gasteiger partial charge in [0.1, 0.15) is 0 Å². The molecule has 1 heterocycles. The molecule has 0 radical (unpaired) electrons. The number of methoxy groups -OCH3 is 1. The lowest BCUT2D eigenvalue weighted by Gasteiger charge is -2.28. The molecule has 0 unspecified atom stereocenters. The van der Waals surface area contributed by atoms with Crippen molar-refractivity contribution in [1.29, 1.82) is 0 Å². The van der Waals surface area contributed by atoms with Crippen LogP contribution in [0.4, 0.5) is 0 Å². The molecule has 1 saturated heterocycles. The van der Waals surface area contributed by atoms with Gasteiger partial charge in [-0.2, -0.15) is 0 Å². The average molecular weight is 200 g/mol. The Hall–Kier alpha value is -1.06. The number of hydrogen-bond acceptors (Lipinski definition) is 4. The Bertz CT molecular complexity index is 245. The molecule has 1 atom stereocenters. The van der Waals surface area contributed by atoms with Gasteiger partial charge in [0, 0.05) is 5.92 Å². The topological polar surface area (TPSA) is 52.6 Å². The minimum atomic E-state index is -0.241. The van der Waals surface area contributed by atoms with Crippen LogP contribution in [0.15, 0.2) is 0 Å². The van der Waals surface area contributed by atoms with E-state index in [0.717, 1.165) is 0 Å². The van der Waals surface area contributed by atoms with E-state index in [1.165, 1.54) is 7.11 Å². The van der Waals surface area contributed by atoms with E-state index in [1.54, 1.807) is 0 Å². The summed E-state index contributed by atoms with van der Waals surface area (Å²) in [6, 6.07) is 0.